The molecule has 0 N–H and O–H groups in total. The van der Waals surface area contributed by atoms with Gasteiger partial charge in [0.15, 0.2) is 0 Å². The molecule has 2 rings (SSSR count). The normalized spacial score (nSPS) is 28.7. The standard InChI is InChI=1S/C12H16O2/c1-3-12(13)14-7-11-8(2)9-4-5-10(11)6-9/h4-5,9-10H,3,6-7H2,1-2H3. The van der Waals surface area contributed by atoms with Gasteiger partial charge in [-0.1, -0.05) is 24.6 Å². The van der Waals surface area contributed by atoms with E-state index in [1.54, 1.807) is 0 Å². The number of rotatable bonds is 3. The SMILES string of the molecule is CCC(=O)OCC1=C(C)C2C=CC1C2. The Hall–Kier alpha value is -1.05. The van der Waals surface area contributed by atoms with E-state index in [9.17, 15) is 4.79 Å². The third-order valence-electron chi connectivity index (χ3n) is 3.27. The second-order valence-electron chi connectivity index (χ2n) is 4.06. The van der Waals surface area contributed by atoms with Gasteiger partial charge in [-0.05, 0) is 24.8 Å². The Labute approximate surface area is 84.6 Å². The summed E-state index contributed by atoms with van der Waals surface area (Å²) in [5.41, 5.74) is 2.75. The van der Waals surface area contributed by atoms with Crippen LogP contribution < -0.4 is 0 Å². The molecule has 2 aliphatic carbocycles. The summed E-state index contributed by atoms with van der Waals surface area (Å²) in [4.78, 5) is 11.0. The summed E-state index contributed by atoms with van der Waals surface area (Å²) in [6.45, 7) is 4.48. The number of carbonyl (C=O) groups is 1. The van der Waals surface area contributed by atoms with Crippen molar-refractivity contribution in [1.29, 1.82) is 0 Å². The molecule has 2 nitrogen and oxygen atoms in total. The number of allylic oxidation sites excluding steroid dienone is 3. The molecule has 2 bridgehead atoms. The molecule has 0 amide bonds. The Morgan fingerprint density at radius 1 is 1.50 bits per heavy atom. The summed E-state index contributed by atoms with van der Waals surface area (Å²) in [5.74, 6) is 1.07. The van der Waals surface area contributed by atoms with Crippen molar-refractivity contribution >= 4 is 5.97 Å². The maximum atomic E-state index is 11.0. The van der Waals surface area contributed by atoms with Crippen molar-refractivity contribution in [3.05, 3.63) is 23.3 Å². The van der Waals surface area contributed by atoms with E-state index >= 15 is 0 Å². The third kappa shape index (κ3) is 1.49. The van der Waals surface area contributed by atoms with Gasteiger partial charge in [0.05, 0.1) is 0 Å². The summed E-state index contributed by atoms with van der Waals surface area (Å²) in [6, 6.07) is 0. The maximum Gasteiger partial charge on any atom is 0.305 e. The van der Waals surface area contributed by atoms with Gasteiger partial charge in [0.1, 0.15) is 6.61 Å². The molecule has 0 saturated heterocycles. The summed E-state index contributed by atoms with van der Waals surface area (Å²) in [5, 5.41) is 0. The largest absolute Gasteiger partial charge is 0.461 e. The number of fused-ring (bicyclic) bond motifs is 2. The fraction of sp³-hybridized carbons (Fsp3) is 0.583. The minimum absolute atomic E-state index is 0.1000. The molecule has 2 heteroatoms. The van der Waals surface area contributed by atoms with Crippen LogP contribution in [0.5, 0.6) is 0 Å². The lowest BCUT2D eigenvalue weighted by Gasteiger charge is -2.13. The van der Waals surface area contributed by atoms with Gasteiger partial charge in [-0.25, -0.2) is 0 Å². The zero-order valence-corrected chi connectivity index (χ0v) is 8.75. The average Bonchev–Trinajstić information content (AvgIpc) is 2.75. The molecule has 0 aliphatic heterocycles. The van der Waals surface area contributed by atoms with E-state index in [1.807, 2.05) is 6.92 Å². The fourth-order valence-corrected chi connectivity index (χ4v) is 2.29. The lowest BCUT2D eigenvalue weighted by molar-refractivity contribution is -0.142. The first-order valence-electron chi connectivity index (χ1n) is 5.25. The lowest BCUT2D eigenvalue weighted by Crippen LogP contribution is -2.10. The molecule has 0 radical (unpaired) electrons. The zero-order chi connectivity index (χ0) is 10.1. The van der Waals surface area contributed by atoms with E-state index in [-0.39, 0.29) is 5.97 Å². The quantitative estimate of drug-likeness (QED) is 0.507. The van der Waals surface area contributed by atoms with E-state index < -0.39 is 0 Å². The van der Waals surface area contributed by atoms with Gasteiger partial charge >= 0.3 is 5.97 Å². The van der Waals surface area contributed by atoms with Crippen LogP contribution in [-0.2, 0) is 9.53 Å². The average molecular weight is 192 g/mol. The summed E-state index contributed by atoms with van der Waals surface area (Å²) in [7, 11) is 0. The predicted molar refractivity (Wildman–Crippen MR) is 54.7 cm³/mol. The molecule has 0 spiro atoms. The van der Waals surface area contributed by atoms with Gasteiger partial charge < -0.3 is 4.74 Å². The summed E-state index contributed by atoms with van der Waals surface area (Å²) >= 11 is 0. The van der Waals surface area contributed by atoms with Crippen molar-refractivity contribution < 1.29 is 9.53 Å². The second kappa shape index (κ2) is 3.60. The van der Waals surface area contributed by atoms with Crippen LogP contribution in [-0.4, -0.2) is 12.6 Å². The van der Waals surface area contributed by atoms with Gasteiger partial charge in [0.25, 0.3) is 0 Å². The molecule has 0 saturated carbocycles. The molecule has 0 aromatic carbocycles. The lowest BCUT2D eigenvalue weighted by atomic mass is 9.99. The van der Waals surface area contributed by atoms with E-state index in [0.717, 1.165) is 0 Å². The van der Waals surface area contributed by atoms with Gasteiger partial charge in [0.2, 0.25) is 0 Å². The minimum Gasteiger partial charge on any atom is -0.461 e. The van der Waals surface area contributed by atoms with Crippen LogP contribution >= 0.6 is 0 Å². The molecule has 76 valence electrons. The second-order valence-corrected chi connectivity index (χ2v) is 4.06. The number of hydrogen-bond acceptors (Lipinski definition) is 2. The van der Waals surface area contributed by atoms with Crippen molar-refractivity contribution in [3.63, 3.8) is 0 Å². The van der Waals surface area contributed by atoms with Gasteiger partial charge in [-0.15, -0.1) is 0 Å². The zero-order valence-electron chi connectivity index (χ0n) is 8.75. The van der Waals surface area contributed by atoms with Crippen molar-refractivity contribution in [3.8, 4) is 0 Å². The first-order chi connectivity index (χ1) is 6.72. The Morgan fingerprint density at radius 3 is 2.79 bits per heavy atom. The van der Waals surface area contributed by atoms with Crippen molar-refractivity contribution in [2.75, 3.05) is 6.61 Å². The summed E-state index contributed by atoms with van der Waals surface area (Å²) in [6.07, 6.45) is 6.18. The molecule has 0 heterocycles. The Kier molecular flexibility index (Phi) is 2.44. The highest BCUT2D eigenvalue weighted by molar-refractivity contribution is 5.69. The van der Waals surface area contributed by atoms with Crippen molar-refractivity contribution in [2.45, 2.75) is 26.7 Å². The number of carbonyl (C=O) groups excluding carboxylic acids is 1. The van der Waals surface area contributed by atoms with E-state index in [2.05, 4.69) is 19.1 Å². The highest BCUT2D eigenvalue weighted by Crippen LogP contribution is 2.43. The number of hydrogen-bond donors (Lipinski definition) is 0. The molecular formula is C12H16O2. The first-order valence-corrected chi connectivity index (χ1v) is 5.25. The van der Waals surface area contributed by atoms with E-state index in [1.165, 1.54) is 17.6 Å². The third-order valence-corrected chi connectivity index (χ3v) is 3.27. The molecule has 0 aromatic rings. The van der Waals surface area contributed by atoms with Crippen LogP contribution in [0.1, 0.15) is 26.7 Å². The van der Waals surface area contributed by atoms with E-state index in [0.29, 0.717) is 24.9 Å². The highest BCUT2D eigenvalue weighted by Gasteiger charge is 2.32. The molecule has 14 heavy (non-hydrogen) atoms. The van der Waals surface area contributed by atoms with Gasteiger partial charge in [0, 0.05) is 12.3 Å². The fourth-order valence-electron chi connectivity index (χ4n) is 2.29. The van der Waals surface area contributed by atoms with Crippen molar-refractivity contribution in [2.24, 2.45) is 11.8 Å². The topological polar surface area (TPSA) is 26.3 Å². The van der Waals surface area contributed by atoms with Crippen LogP contribution in [0.2, 0.25) is 0 Å². The molecule has 2 atom stereocenters. The van der Waals surface area contributed by atoms with Gasteiger partial charge in [-0.3, -0.25) is 4.79 Å². The monoisotopic (exact) mass is 192 g/mol. The van der Waals surface area contributed by atoms with E-state index in [4.69, 9.17) is 4.74 Å². The van der Waals surface area contributed by atoms with Crippen LogP contribution in [0, 0.1) is 11.8 Å². The van der Waals surface area contributed by atoms with Crippen molar-refractivity contribution in [1.82, 2.24) is 0 Å². The maximum absolute atomic E-state index is 11.0. The minimum atomic E-state index is -0.1000. The first kappa shape index (κ1) is 9.50. The molecule has 0 fully saturated rings. The number of esters is 1. The Balaban J connectivity index is 1.96. The smallest absolute Gasteiger partial charge is 0.305 e. The molecule has 0 aromatic heterocycles. The molecule has 2 aliphatic rings. The predicted octanol–water partition coefficient (Wildman–Crippen LogP) is 2.46. The van der Waals surface area contributed by atoms with Crippen LogP contribution in [0.15, 0.2) is 23.3 Å². The molecule has 2 unspecified atom stereocenters. The van der Waals surface area contributed by atoms with Crippen LogP contribution in [0.4, 0.5) is 0 Å². The van der Waals surface area contributed by atoms with Gasteiger partial charge in [-0.2, -0.15) is 0 Å². The van der Waals surface area contributed by atoms with Crippen LogP contribution in [0.25, 0.3) is 0 Å². The highest BCUT2D eigenvalue weighted by atomic mass is 16.5. The Bertz CT molecular complexity index is 312. The Morgan fingerprint density at radius 2 is 2.21 bits per heavy atom. The summed E-state index contributed by atoms with van der Waals surface area (Å²) < 4.78 is 5.17. The molecular weight excluding hydrogens is 176 g/mol. The van der Waals surface area contributed by atoms with Crippen LogP contribution in [0.3, 0.4) is 0 Å². The number of ether oxygens (including phenoxy) is 1.